The van der Waals surface area contributed by atoms with Crippen molar-refractivity contribution in [2.24, 2.45) is 0 Å². The molecular formula is C28H28O11. The fraction of sp³-hybridized carbons (Fsp3) is 0.321. The molecule has 2 aromatic carbocycles. The van der Waals surface area contributed by atoms with Gasteiger partial charge in [-0.2, -0.15) is 0 Å². The Morgan fingerprint density at radius 2 is 1.77 bits per heavy atom. The summed E-state index contributed by atoms with van der Waals surface area (Å²) in [5.41, 5.74) is 0.107. The molecule has 1 fully saturated rings. The molecule has 3 aromatic rings. The molecule has 206 valence electrons. The molecule has 5 atom stereocenters. The van der Waals surface area contributed by atoms with Crippen molar-refractivity contribution in [3.05, 3.63) is 75.1 Å². The molecule has 0 radical (unpaired) electrons. The average molecular weight is 541 g/mol. The number of aliphatic hydroxyl groups is 3. The van der Waals surface area contributed by atoms with E-state index in [2.05, 4.69) is 0 Å². The van der Waals surface area contributed by atoms with E-state index >= 15 is 0 Å². The lowest BCUT2D eigenvalue weighted by molar-refractivity contribution is -0.239. The molecule has 1 aromatic heterocycles. The first kappa shape index (κ1) is 28.0. The third-order valence-corrected chi connectivity index (χ3v) is 6.40. The van der Waals surface area contributed by atoms with Crippen LogP contribution in [0.15, 0.2) is 51.7 Å². The molecule has 1 saturated heterocycles. The van der Waals surface area contributed by atoms with Gasteiger partial charge in [0.1, 0.15) is 53.0 Å². The van der Waals surface area contributed by atoms with E-state index in [1.165, 1.54) is 37.3 Å². The molecule has 1 aliphatic rings. The van der Waals surface area contributed by atoms with Gasteiger partial charge in [0.2, 0.25) is 0 Å². The van der Waals surface area contributed by atoms with Gasteiger partial charge in [0.25, 0.3) is 0 Å². The number of hydrogen-bond donors (Lipinski definition) is 5. The van der Waals surface area contributed by atoms with Gasteiger partial charge in [0, 0.05) is 12.1 Å². The summed E-state index contributed by atoms with van der Waals surface area (Å²) in [6.07, 6.45) is -5.63. The Morgan fingerprint density at radius 3 is 2.41 bits per heavy atom. The molecule has 11 heteroatoms. The standard InChI is InChI=1S/C28H28O11/c1-13-9-18(32)23(26-22(13)19(33)11-17(37-26)10-14(2)30)27-28(25(36)24(35)20(12-29)38-27)39-21(34)8-5-15-3-6-16(31)7-4-15/h3-9,11,20,24-25,27-29,31-32,35-36H,10,12H2,1-2H3/b8-5+/t20-,24-,25+,27-,28-/m1/s1. The molecule has 0 unspecified atom stereocenters. The summed E-state index contributed by atoms with van der Waals surface area (Å²) in [6.45, 7) is 2.16. The minimum atomic E-state index is -1.77. The first-order valence-corrected chi connectivity index (χ1v) is 12.1. The molecule has 1 aliphatic heterocycles. The number of hydrogen-bond acceptors (Lipinski definition) is 11. The fourth-order valence-corrected chi connectivity index (χ4v) is 4.56. The number of carbonyl (C=O) groups excluding carboxylic acids is 2. The lowest BCUT2D eigenvalue weighted by atomic mass is 9.89. The van der Waals surface area contributed by atoms with Crippen LogP contribution in [0.3, 0.4) is 0 Å². The van der Waals surface area contributed by atoms with Crippen LogP contribution in [0.2, 0.25) is 0 Å². The number of phenols is 2. The van der Waals surface area contributed by atoms with Crippen LogP contribution in [-0.4, -0.2) is 68.3 Å². The van der Waals surface area contributed by atoms with Gasteiger partial charge in [0.05, 0.1) is 24.0 Å². The minimum absolute atomic E-state index is 0.0201. The van der Waals surface area contributed by atoms with Crippen LogP contribution in [0, 0.1) is 6.92 Å². The van der Waals surface area contributed by atoms with Crippen molar-refractivity contribution in [3.63, 3.8) is 0 Å². The number of ether oxygens (including phenoxy) is 2. The van der Waals surface area contributed by atoms with E-state index in [1.54, 1.807) is 19.1 Å². The molecule has 4 rings (SSSR count). The molecule has 0 spiro atoms. The predicted octanol–water partition coefficient (Wildman–Crippen LogP) is 1.42. The highest BCUT2D eigenvalue weighted by molar-refractivity contribution is 5.88. The van der Waals surface area contributed by atoms with Gasteiger partial charge in [-0.3, -0.25) is 9.59 Å². The highest BCUT2D eigenvalue weighted by Gasteiger charge is 2.48. The number of ketones is 1. The molecule has 0 amide bonds. The first-order chi connectivity index (χ1) is 18.5. The smallest absolute Gasteiger partial charge is 0.331 e. The Morgan fingerprint density at radius 1 is 1.08 bits per heavy atom. The summed E-state index contributed by atoms with van der Waals surface area (Å²) in [7, 11) is 0. The second-order valence-corrected chi connectivity index (χ2v) is 9.37. The quantitative estimate of drug-likeness (QED) is 0.216. The molecule has 39 heavy (non-hydrogen) atoms. The largest absolute Gasteiger partial charge is 0.508 e. The Kier molecular flexibility index (Phi) is 8.17. The second-order valence-electron chi connectivity index (χ2n) is 9.37. The van der Waals surface area contributed by atoms with Crippen molar-refractivity contribution in [2.75, 3.05) is 6.61 Å². The normalized spacial score (nSPS) is 23.3. The van der Waals surface area contributed by atoms with Crippen LogP contribution in [0.1, 0.15) is 35.5 Å². The van der Waals surface area contributed by atoms with Gasteiger partial charge in [0.15, 0.2) is 11.5 Å². The number of esters is 1. The van der Waals surface area contributed by atoms with Crippen LogP contribution in [0.4, 0.5) is 0 Å². The molecule has 11 nitrogen and oxygen atoms in total. The number of phenolic OH excluding ortho intramolecular Hbond substituents is 2. The Labute approximate surface area is 222 Å². The van der Waals surface area contributed by atoms with E-state index in [9.17, 15) is 39.9 Å². The number of fused-ring (bicyclic) bond motifs is 1. The van der Waals surface area contributed by atoms with E-state index in [4.69, 9.17) is 13.9 Å². The average Bonchev–Trinajstić information content (AvgIpc) is 2.86. The minimum Gasteiger partial charge on any atom is -0.508 e. The Balaban J connectivity index is 1.80. The molecule has 2 heterocycles. The van der Waals surface area contributed by atoms with Crippen molar-refractivity contribution in [3.8, 4) is 11.5 Å². The molecule has 5 N–H and O–H groups in total. The maximum Gasteiger partial charge on any atom is 0.331 e. The lowest BCUT2D eigenvalue weighted by Crippen LogP contribution is -2.56. The summed E-state index contributed by atoms with van der Waals surface area (Å²) >= 11 is 0. The number of aromatic hydroxyl groups is 2. The van der Waals surface area contributed by atoms with Crippen molar-refractivity contribution in [2.45, 2.75) is 50.8 Å². The van der Waals surface area contributed by atoms with E-state index in [0.29, 0.717) is 11.1 Å². The number of rotatable bonds is 7. The monoisotopic (exact) mass is 540 g/mol. The highest BCUT2D eigenvalue weighted by atomic mass is 16.6. The van der Waals surface area contributed by atoms with Crippen LogP contribution in [0.25, 0.3) is 17.0 Å². The fourth-order valence-electron chi connectivity index (χ4n) is 4.56. The van der Waals surface area contributed by atoms with Gasteiger partial charge in [-0.05, 0) is 49.2 Å². The second kappa shape index (κ2) is 11.4. The maximum atomic E-state index is 13.0. The van der Waals surface area contributed by atoms with Crippen LogP contribution in [-0.2, 0) is 25.5 Å². The van der Waals surface area contributed by atoms with E-state index in [0.717, 1.165) is 6.08 Å². The zero-order chi connectivity index (χ0) is 28.4. The molecule has 0 aliphatic carbocycles. The third kappa shape index (κ3) is 5.86. The summed E-state index contributed by atoms with van der Waals surface area (Å²) in [6, 6.07) is 8.38. The van der Waals surface area contributed by atoms with Gasteiger partial charge in [-0.1, -0.05) is 12.1 Å². The molecular weight excluding hydrogens is 512 g/mol. The third-order valence-electron chi connectivity index (χ3n) is 6.40. The van der Waals surface area contributed by atoms with E-state index in [-0.39, 0.29) is 40.2 Å². The SMILES string of the molecule is CC(=O)Cc1cc(=O)c2c(C)cc(O)c([C@H]3O[C@H](CO)[C@@H](O)[C@H](O)[C@H]3OC(=O)/C=C/c3ccc(O)cc3)c2o1. The van der Waals surface area contributed by atoms with Gasteiger partial charge in [-0.15, -0.1) is 0 Å². The zero-order valence-electron chi connectivity index (χ0n) is 21.1. The summed E-state index contributed by atoms with van der Waals surface area (Å²) in [5, 5.41) is 51.6. The summed E-state index contributed by atoms with van der Waals surface area (Å²) < 4.78 is 17.1. The number of aryl methyl sites for hydroxylation is 1. The van der Waals surface area contributed by atoms with Crippen molar-refractivity contribution in [1.82, 2.24) is 0 Å². The predicted molar refractivity (Wildman–Crippen MR) is 137 cm³/mol. The summed E-state index contributed by atoms with van der Waals surface area (Å²) in [4.78, 5) is 37.4. The lowest BCUT2D eigenvalue weighted by Gasteiger charge is -2.42. The number of benzene rings is 2. The maximum absolute atomic E-state index is 13.0. The Bertz CT molecular complexity index is 1470. The molecule has 0 saturated carbocycles. The first-order valence-electron chi connectivity index (χ1n) is 12.1. The number of Topliss-reactive ketones (excluding diaryl/α,β-unsaturated/α-hetero) is 1. The zero-order valence-corrected chi connectivity index (χ0v) is 21.1. The van der Waals surface area contributed by atoms with Crippen molar-refractivity contribution < 1.29 is 49.0 Å². The summed E-state index contributed by atoms with van der Waals surface area (Å²) in [5.74, 6) is -1.59. The van der Waals surface area contributed by atoms with Crippen LogP contribution in [0.5, 0.6) is 11.5 Å². The number of aliphatic hydroxyl groups excluding tert-OH is 3. The van der Waals surface area contributed by atoms with Crippen LogP contribution < -0.4 is 5.43 Å². The van der Waals surface area contributed by atoms with Gasteiger partial charge in [-0.25, -0.2) is 4.79 Å². The van der Waals surface area contributed by atoms with Crippen molar-refractivity contribution in [1.29, 1.82) is 0 Å². The van der Waals surface area contributed by atoms with E-state index in [1.807, 2.05) is 0 Å². The Hall–Kier alpha value is -4.03. The number of carbonyl (C=O) groups is 2. The highest BCUT2D eigenvalue weighted by Crippen LogP contribution is 2.42. The molecule has 0 bridgehead atoms. The van der Waals surface area contributed by atoms with Crippen LogP contribution >= 0.6 is 0 Å². The van der Waals surface area contributed by atoms with Gasteiger partial charge >= 0.3 is 5.97 Å². The topological polar surface area (TPSA) is 184 Å². The van der Waals surface area contributed by atoms with Gasteiger partial charge < -0.3 is 39.4 Å². The van der Waals surface area contributed by atoms with Crippen molar-refractivity contribution >= 4 is 28.8 Å². The van der Waals surface area contributed by atoms with E-state index < -0.39 is 54.3 Å².